The normalized spacial score (nSPS) is 12.5. The van der Waals surface area contributed by atoms with E-state index in [4.69, 9.17) is 4.55 Å². The van der Waals surface area contributed by atoms with E-state index in [0.29, 0.717) is 6.42 Å². The molecule has 0 aliphatic carbocycles. The van der Waals surface area contributed by atoms with Gasteiger partial charge in [0, 0.05) is 0 Å². The summed E-state index contributed by atoms with van der Waals surface area (Å²) >= 11 is 0. The van der Waals surface area contributed by atoms with Crippen LogP contribution in [0.3, 0.4) is 0 Å². The molecule has 4 nitrogen and oxygen atoms in total. The van der Waals surface area contributed by atoms with Crippen LogP contribution in [0.25, 0.3) is 32.3 Å². The molecule has 0 aliphatic heterocycles. The first-order valence-corrected chi connectivity index (χ1v) is 9.67. The highest BCUT2D eigenvalue weighted by molar-refractivity contribution is 7.80. The SMILES string of the molecule is O=S(=O)(O)OCCCCc1ccc2ccc3cccc4ccc1c2c34. The second-order valence-electron chi connectivity index (χ2n) is 6.29. The molecule has 0 fully saturated rings. The maximum Gasteiger partial charge on any atom is 0.397 e. The Morgan fingerprint density at radius 1 is 0.800 bits per heavy atom. The van der Waals surface area contributed by atoms with Gasteiger partial charge in [-0.3, -0.25) is 4.55 Å². The predicted molar refractivity (Wildman–Crippen MR) is 101 cm³/mol. The van der Waals surface area contributed by atoms with E-state index in [-0.39, 0.29) is 6.61 Å². The van der Waals surface area contributed by atoms with Crippen molar-refractivity contribution in [1.82, 2.24) is 0 Å². The summed E-state index contributed by atoms with van der Waals surface area (Å²) in [7, 11) is -4.34. The number of hydrogen-bond acceptors (Lipinski definition) is 3. The number of unbranched alkanes of at least 4 members (excludes halogenated alkanes) is 1. The largest absolute Gasteiger partial charge is 0.397 e. The van der Waals surface area contributed by atoms with E-state index < -0.39 is 10.4 Å². The van der Waals surface area contributed by atoms with Crippen LogP contribution in [0.5, 0.6) is 0 Å². The summed E-state index contributed by atoms with van der Waals surface area (Å²) in [6, 6.07) is 19.3. The van der Waals surface area contributed by atoms with E-state index in [2.05, 4.69) is 58.8 Å². The predicted octanol–water partition coefficient (Wildman–Crippen LogP) is 4.73. The molecule has 0 aliphatic rings. The molecule has 0 saturated heterocycles. The maximum atomic E-state index is 10.6. The molecule has 25 heavy (non-hydrogen) atoms. The van der Waals surface area contributed by atoms with Crippen LogP contribution in [-0.4, -0.2) is 19.6 Å². The average molecular weight is 354 g/mol. The van der Waals surface area contributed by atoms with Crippen molar-refractivity contribution in [3.8, 4) is 0 Å². The van der Waals surface area contributed by atoms with E-state index in [0.717, 1.165) is 12.8 Å². The topological polar surface area (TPSA) is 63.6 Å². The Morgan fingerprint density at radius 2 is 1.44 bits per heavy atom. The molecule has 0 radical (unpaired) electrons. The zero-order chi connectivity index (χ0) is 17.4. The van der Waals surface area contributed by atoms with E-state index in [9.17, 15) is 8.42 Å². The van der Waals surface area contributed by atoms with Gasteiger partial charge < -0.3 is 0 Å². The molecule has 0 amide bonds. The molecule has 0 aromatic heterocycles. The molecule has 5 heteroatoms. The van der Waals surface area contributed by atoms with Gasteiger partial charge in [-0.05, 0) is 57.1 Å². The van der Waals surface area contributed by atoms with E-state index in [1.165, 1.54) is 37.9 Å². The molecule has 0 saturated carbocycles. The fourth-order valence-corrected chi connectivity index (χ4v) is 3.92. The first-order valence-electron chi connectivity index (χ1n) is 8.30. The molecule has 0 bridgehead atoms. The Kier molecular flexibility index (Phi) is 4.07. The molecule has 1 N–H and O–H groups in total. The Balaban J connectivity index is 1.66. The quantitative estimate of drug-likeness (QED) is 0.309. The van der Waals surface area contributed by atoms with E-state index >= 15 is 0 Å². The van der Waals surface area contributed by atoms with Crippen molar-refractivity contribution in [3.05, 3.63) is 60.2 Å². The first kappa shape index (κ1) is 16.3. The van der Waals surface area contributed by atoms with Crippen molar-refractivity contribution in [2.75, 3.05) is 6.61 Å². The summed E-state index contributed by atoms with van der Waals surface area (Å²) in [5.41, 5.74) is 1.25. The van der Waals surface area contributed by atoms with Gasteiger partial charge in [-0.15, -0.1) is 0 Å². The minimum atomic E-state index is -4.34. The minimum Gasteiger partial charge on any atom is -0.264 e. The van der Waals surface area contributed by atoms with E-state index in [1.807, 2.05) is 0 Å². The van der Waals surface area contributed by atoms with Crippen molar-refractivity contribution in [2.24, 2.45) is 0 Å². The van der Waals surface area contributed by atoms with Gasteiger partial charge in [-0.1, -0.05) is 54.6 Å². The molecule has 4 aromatic rings. The third kappa shape index (κ3) is 3.18. The second kappa shape index (κ2) is 6.26. The van der Waals surface area contributed by atoms with Crippen molar-refractivity contribution in [1.29, 1.82) is 0 Å². The highest BCUT2D eigenvalue weighted by Crippen LogP contribution is 2.36. The fourth-order valence-electron chi connectivity index (χ4n) is 3.60. The maximum absolute atomic E-state index is 10.6. The first-order chi connectivity index (χ1) is 12.0. The Morgan fingerprint density at radius 3 is 2.16 bits per heavy atom. The van der Waals surface area contributed by atoms with Crippen LogP contribution in [0.1, 0.15) is 18.4 Å². The van der Waals surface area contributed by atoms with Gasteiger partial charge >= 0.3 is 10.4 Å². The lowest BCUT2D eigenvalue weighted by Crippen LogP contribution is -2.05. The van der Waals surface area contributed by atoms with Crippen LogP contribution in [-0.2, 0) is 21.0 Å². The van der Waals surface area contributed by atoms with Gasteiger partial charge in [0.05, 0.1) is 6.61 Å². The Bertz CT molecular complexity index is 1130. The van der Waals surface area contributed by atoms with Crippen molar-refractivity contribution < 1.29 is 17.2 Å². The zero-order valence-corrected chi connectivity index (χ0v) is 14.4. The summed E-state index contributed by atoms with van der Waals surface area (Å²) in [6.45, 7) is 0.00463. The summed E-state index contributed by atoms with van der Waals surface area (Å²) in [4.78, 5) is 0. The van der Waals surface area contributed by atoms with Crippen molar-refractivity contribution >= 4 is 42.7 Å². The highest BCUT2D eigenvalue weighted by Gasteiger charge is 2.10. The van der Waals surface area contributed by atoms with Gasteiger partial charge in [0.15, 0.2) is 0 Å². The molecule has 128 valence electrons. The van der Waals surface area contributed by atoms with Crippen LogP contribution in [0, 0.1) is 0 Å². The van der Waals surface area contributed by atoms with E-state index in [1.54, 1.807) is 0 Å². The fraction of sp³-hybridized carbons (Fsp3) is 0.200. The molecular formula is C20H18O4S. The molecule has 0 heterocycles. The smallest absolute Gasteiger partial charge is 0.264 e. The van der Waals surface area contributed by atoms with Gasteiger partial charge in [0.2, 0.25) is 0 Å². The van der Waals surface area contributed by atoms with Crippen LogP contribution in [0.2, 0.25) is 0 Å². The number of benzene rings is 4. The number of aryl methyl sites for hydroxylation is 1. The summed E-state index contributed by atoms with van der Waals surface area (Å²) in [5, 5.41) is 7.57. The van der Waals surface area contributed by atoms with Crippen LogP contribution in [0.4, 0.5) is 0 Å². The zero-order valence-electron chi connectivity index (χ0n) is 13.6. The Hall–Kier alpha value is -2.21. The summed E-state index contributed by atoms with van der Waals surface area (Å²) in [6.07, 6.45) is 2.20. The van der Waals surface area contributed by atoms with Gasteiger partial charge in [-0.25, -0.2) is 4.18 Å². The Labute approximate surface area is 146 Å². The summed E-state index contributed by atoms with van der Waals surface area (Å²) in [5.74, 6) is 0. The molecule has 4 rings (SSSR count). The lowest BCUT2D eigenvalue weighted by atomic mass is 9.91. The van der Waals surface area contributed by atoms with Gasteiger partial charge in [0.1, 0.15) is 0 Å². The third-order valence-corrected chi connectivity index (χ3v) is 5.16. The molecule has 0 atom stereocenters. The van der Waals surface area contributed by atoms with Crippen LogP contribution in [0.15, 0.2) is 54.6 Å². The molecular weight excluding hydrogens is 336 g/mol. The molecule has 0 spiro atoms. The lowest BCUT2D eigenvalue weighted by molar-refractivity contribution is 0.263. The van der Waals surface area contributed by atoms with Crippen LogP contribution >= 0.6 is 0 Å². The van der Waals surface area contributed by atoms with Crippen LogP contribution < -0.4 is 0 Å². The highest BCUT2D eigenvalue weighted by atomic mass is 32.3. The van der Waals surface area contributed by atoms with Gasteiger partial charge in [0.25, 0.3) is 0 Å². The minimum absolute atomic E-state index is 0.00463. The standard InChI is InChI=1S/C20H18O4S/c21-25(22,23)24-13-2-1-4-14-7-8-17-10-9-15-5-3-6-16-11-12-18(14)20(17)19(15)16/h3,5-12H,1-2,4,13H2,(H,21,22,23). The van der Waals surface area contributed by atoms with Crippen molar-refractivity contribution in [3.63, 3.8) is 0 Å². The molecule has 4 aromatic carbocycles. The third-order valence-electron chi connectivity index (χ3n) is 4.69. The number of rotatable bonds is 6. The lowest BCUT2D eigenvalue weighted by Gasteiger charge is -2.13. The van der Waals surface area contributed by atoms with Gasteiger partial charge in [-0.2, -0.15) is 8.42 Å². The molecule has 0 unspecified atom stereocenters. The summed E-state index contributed by atoms with van der Waals surface area (Å²) < 4.78 is 34.1. The average Bonchev–Trinajstić information content (AvgIpc) is 2.59. The second-order valence-corrected chi connectivity index (χ2v) is 7.38. The van der Waals surface area contributed by atoms with Crippen molar-refractivity contribution in [2.45, 2.75) is 19.3 Å². The number of hydrogen-bond donors (Lipinski definition) is 1. The monoisotopic (exact) mass is 354 g/mol.